The normalized spacial score (nSPS) is 23.2. The summed E-state index contributed by atoms with van der Waals surface area (Å²) in [6, 6.07) is 4.36. The van der Waals surface area contributed by atoms with E-state index in [2.05, 4.69) is 17.4 Å². The quantitative estimate of drug-likeness (QED) is 0.331. The third-order valence-corrected chi connectivity index (χ3v) is 3.49. The Hall–Kier alpha value is -1.66. The highest BCUT2D eigenvalue weighted by Crippen LogP contribution is 2.24. The first-order chi connectivity index (χ1) is 9.52. The van der Waals surface area contributed by atoms with Crippen molar-refractivity contribution >= 4 is 5.84 Å². The van der Waals surface area contributed by atoms with Crippen LogP contribution in [-0.2, 0) is 11.3 Å². The van der Waals surface area contributed by atoms with Crippen LogP contribution in [0.1, 0.15) is 30.9 Å². The summed E-state index contributed by atoms with van der Waals surface area (Å²) in [5, 5.41) is 14.8. The van der Waals surface area contributed by atoms with Gasteiger partial charge in [0.15, 0.2) is 5.84 Å². The van der Waals surface area contributed by atoms with Crippen LogP contribution in [0, 0.1) is 5.82 Å². The summed E-state index contributed by atoms with van der Waals surface area (Å²) in [5.74, 6) is -0.508. The van der Waals surface area contributed by atoms with E-state index in [1.54, 1.807) is 6.07 Å². The number of nitrogens with one attached hydrogen (secondary N) is 1. The van der Waals surface area contributed by atoms with Crippen LogP contribution in [-0.4, -0.2) is 29.8 Å². The van der Waals surface area contributed by atoms with Gasteiger partial charge in [0.2, 0.25) is 0 Å². The number of nitrogens with two attached hydrogens (primary N) is 1. The molecule has 6 heteroatoms. The molecule has 0 amide bonds. The van der Waals surface area contributed by atoms with Crippen LogP contribution in [0.3, 0.4) is 0 Å². The Balaban J connectivity index is 1.97. The molecule has 20 heavy (non-hydrogen) atoms. The van der Waals surface area contributed by atoms with Gasteiger partial charge in [-0.15, -0.1) is 0 Å². The summed E-state index contributed by atoms with van der Waals surface area (Å²) in [5.41, 5.74) is 6.45. The van der Waals surface area contributed by atoms with Gasteiger partial charge in [0, 0.05) is 25.3 Å². The highest BCUT2D eigenvalue weighted by molar-refractivity contribution is 5.97. The molecule has 0 spiro atoms. The number of hydrogen-bond donors (Lipinski definition) is 3. The van der Waals surface area contributed by atoms with Crippen LogP contribution < -0.4 is 11.1 Å². The monoisotopic (exact) mass is 281 g/mol. The molecule has 0 aromatic heterocycles. The number of amidine groups is 1. The number of benzene rings is 1. The van der Waals surface area contributed by atoms with Gasteiger partial charge >= 0.3 is 0 Å². The van der Waals surface area contributed by atoms with Gasteiger partial charge in [-0.1, -0.05) is 5.16 Å². The summed E-state index contributed by atoms with van der Waals surface area (Å²) in [4.78, 5) is 0. The minimum absolute atomic E-state index is 0.100. The van der Waals surface area contributed by atoms with Gasteiger partial charge in [0.25, 0.3) is 0 Å². The first-order valence-electron chi connectivity index (χ1n) is 6.64. The summed E-state index contributed by atoms with van der Waals surface area (Å²) in [7, 11) is 0. The molecule has 1 aliphatic rings. The second-order valence-corrected chi connectivity index (χ2v) is 5.34. The maximum atomic E-state index is 13.5. The number of oxime groups is 1. The Bertz CT molecular complexity index is 499. The van der Waals surface area contributed by atoms with E-state index in [1.165, 1.54) is 12.1 Å². The van der Waals surface area contributed by atoms with Crippen molar-refractivity contribution in [3.63, 3.8) is 0 Å². The standard InChI is InChI=1S/C14H20FN3O2/c1-14(3-2-4-20-14)9-17-8-10-5-11(13(16)18-19)7-12(15)6-10/h5-7,17,19H,2-4,8-9H2,1H3,(H2,16,18). The molecule has 1 heterocycles. The molecule has 1 aromatic rings. The molecule has 2 rings (SSSR count). The highest BCUT2D eigenvalue weighted by Gasteiger charge is 2.28. The molecule has 110 valence electrons. The lowest BCUT2D eigenvalue weighted by Crippen LogP contribution is -2.36. The van der Waals surface area contributed by atoms with Gasteiger partial charge in [-0.2, -0.15) is 0 Å². The van der Waals surface area contributed by atoms with E-state index in [-0.39, 0.29) is 11.4 Å². The highest BCUT2D eigenvalue weighted by atomic mass is 19.1. The fourth-order valence-corrected chi connectivity index (χ4v) is 2.41. The van der Waals surface area contributed by atoms with Crippen LogP contribution >= 0.6 is 0 Å². The van der Waals surface area contributed by atoms with Gasteiger partial charge in [0.05, 0.1) is 5.60 Å². The second kappa shape index (κ2) is 6.19. The molecule has 0 bridgehead atoms. The van der Waals surface area contributed by atoms with E-state index in [0.717, 1.165) is 25.0 Å². The summed E-state index contributed by atoms with van der Waals surface area (Å²) < 4.78 is 19.2. The lowest BCUT2D eigenvalue weighted by Gasteiger charge is -2.23. The number of hydrogen-bond acceptors (Lipinski definition) is 4. The zero-order valence-electron chi connectivity index (χ0n) is 11.5. The lowest BCUT2D eigenvalue weighted by atomic mass is 10.0. The van der Waals surface area contributed by atoms with Gasteiger partial charge in [-0.3, -0.25) is 0 Å². The minimum Gasteiger partial charge on any atom is -0.409 e. The summed E-state index contributed by atoms with van der Waals surface area (Å²) in [6.45, 7) is 4.08. The van der Waals surface area contributed by atoms with Crippen molar-refractivity contribution < 1.29 is 14.3 Å². The lowest BCUT2D eigenvalue weighted by molar-refractivity contribution is 0.0207. The summed E-state index contributed by atoms with van der Waals surface area (Å²) in [6.07, 6.45) is 2.10. The van der Waals surface area contributed by atoms with Crippen molar-refractivity contribution in [2.45, 2.75) is 31.9 Å². The average Bonchev–Trinajstić information content (AvgIpc) is 2.84. The van der Waals surface area contributed by atoms with Crippen LogP contribution in [0.5, 0.6) is 0 Å². The van der Waals surface area contributed by atoms with Crippen LogP contribution in [0.25, 0.3) is 0 Å². The predicted molar refractivity (Wildman–Crippen MR) is 74.2 cm³/mol. The third-order valence-electron chi connectivity index (χ3n) is 3.49. The topological polar surface area (TPSA) is 79.9 Å². The molecular formula is C14H20FN3O2. The van der Waals surface area contributed by atoms with Gasteiger partial charge in [0.1, 0.15) is 5.82 Å². The Kier molecular flexibility index (Phi) is 4.57. The molecule has 1 atom stereocenters. The molecule has 4 N–H and O–H groups in total. The Morgan fingerprint density at radius 2 is 2.35 bits per heavy atom. The molecular weight excluding hydrogens is 261 g/mol. The summed E-state index contributed by atoms with van der Waals surface area (Å²) >= 11 is 0. The molecule has 1 fully saturated rings. The molecule has 1 saturated heterocycles. The Morgan fingerprint density at radius 3 is 3.00 bits per heavy atom. The smallest absolute Gasteiger partial charge is 0.170 e. The van der Waals surface area contributed by atoms with E-state index < -0.39 is 5.82 Å². The fraction of sp³-hybridized carbons (Fsp3) is 0.500. The average molecular weight is 281 g/mol. The van der Waals surface area contributed by atoms with Crippen molar-refractivity contribution in [2.75, 3.05) is 13.2 Å². The predicted octanol–water partition coefficient (Wildman–Crippen LogP) is 1.58. The molecule has 0 radical (unpaired) electrons. The van der Waals surface area contributed by atoms with Gasteiger partial charge < -0.3 is 21.0 Å². The molecule has 0 aliphatic carbocycles. The first kappa shape index (κ1) is 14.7. The van der Waals surface area contributed by atoms with E-state index in [4.69, 9.17) is 15.7 Å². The fourth-order valence-electron chi connectivity index (χ4n) is 2.41. The maximum Gasteiger partial charge on any atom is 0.170 e. The van der Waals surface area contributed by atoms with E-state index in [0.29, 0.717) is 18.7 Å². The minimum atomic E-state index is -0.408. The molecule has 0 saturated carbocycles. The largest absolute Gasteiger partial charge is 0.409 e. The third kappa shape index (κ3) is 3.68. The first-order valence-corrected chi connectivity index (χ1v) is 6.64. The van der Waals surface area contributed by atoms with Crippen LogP contribution in [0.15, 0.2) is 23.4 Å². The molecule has 5 nitrogen and oxygen atoms in total. The van der Waals surface area contributed by atoms with E-state index >= 15 is 0 Å². The number of halogens is 1. The van der Waals surface area contributed by atoms with Crippen molar-refractivity contribution in [2.24, 2.45) is 10.9 Å². The van der Waals surface area contributed by atoms with Crippen molar-refractivity contribution in [1.82, 2.24) is 5.32 Å². The Labute approximate surface area is 117 Å². The number of rotatable bonds is 5. The maximum absolute atomic E-state index is 13.5. The zero-order chi connectivity index (χ0) is 14.6. The second-order valence-electron chi connectivity index (χ2n) is 5.34. The van der Waals surface area contributed by atoms with Crippen LogP contribution in [0.2, 0.25) is 0 Å². The van der Waals surface area contributed by atoms with E-state index in [1.807, 2.05) is 0 Å². The zero-order valence-corrected chi connectivity index (χ0v) is 11.5. The van der Waals surface area contributed by atoms with Gasteiger partial charge in [-0.25, -0.2) is 4.39 Å². The van der Waals surface area contributed by atoms with Crippen molar-refractivity contribution in [3.05, 3.63) is 35.1 Å². The van der Waals surface area contributed by atoms with Crippen LogP contribution in [0.4, 0.5) is 4.39 Å². The van der Waals surface area contributed by atoms with Crippen molar-refractivity contribution in [1.29, 1.82) is 0 Å². The number of ether oxygens (including phenoxy) is 1. The van der Waals surface area contributed by atoms with E-state index in [9.17, 15) is 4.39 Å². The number of nitrogens with zero attached hydrogens (tertiary/aromatic N) is 1. The SMILES string of the molecule is CC1(CNCc2cc(F)cc(/C(N)=N/O)c2)CCCO1. The molecule has 1 aliphatic heterocycles. The Morgan fingerprint density at radius 1 is 1.55 bits per heavy atom. The van der Waals surface area contributed by atoms with Crippen molar-refractivity contribution in [3.8, 4) is 0 Å². The molecule has 1 aromatic carbocycles. The molecule has 1 unspecified atom stereocenters. The van der Waals surface area contributed by atoms with Gasteiger partial charge in [-0.05, 0) is 43.5 Å².